The molecule has 0 bridgehead atoms. The summed E-state index contributed by atoms with van der Waals surface area (Å²) < 4.78 is 2.28. The van der Waals surface area contributed by atoms with Gasteiger partial charge in [-0.15, -0.1) is 0 Å². The second kappa shape index (κ2) is 5.13. The number of para-hydroxylation sites is 1. The zero-order chi connectivity index (χ0) is 13.3. The van der Waals surface area contributed by atoms with Gasteiger partial charge in [0.05, 0.1) is 11.0 Å². The molecule has 0 saturated carbocycles. The number of rotatable bonds is 4. The van der Waals surface area contributed by atoms with E-state index in [0.717, 1.165) is 18.4 Å². The fourth-order valence-electron chi connectivity index (χ4n) is 2.55. The SMILES string of the molecule is CC(C)Cc1cccc2nc(CC(C)C)n(C)c12. The molecule has 1 aromatic heterocycles. The molecule has 0 aliphatic rings. The average molecular weight is 244 g/mol. The molecule has 0 unspecified atom stereocenters. The summed E-state index contributed by atoms with van der Waals surface area (Å²) in [6.45, 7) is 9.03. The third kappa shape index (κ3) is 2.58. The molecule has 1 heterocycles. The van der Waals surface area contributed by atoms with Gasteiger partial charge in [0.1, 0.15) is 5.82 Å². The Bertz CT molecular complexity index is 535. The lowest BCUT2D eigenvalue weighted by atomic mass is 10.0. The Balaban J connectivity index is 2.51. The van der Waals surface area contributed by atoms with Crippen LogP contribution in [0.3, 0.4) is 0 Å². The van der Waals surface area contributed by atoms with Crippen molar-refractivity contribution in [3.63, 3.8) is 0 Å². The highest BCUT2D eigenvalue weighted by Crippen LogP contribution is 2.23. The maximum absolute atomic E-state index is 4.78. The summed E-state index contributed by atoms with van der Waals surface area (Å²) in [5, 5.41) is 0. The standard InChI is InChI=1S/C16H24N2/c1-11(2)9-13-7-6-8-14-16(13)18(5)15(17-14)10-12(3)4/h6-8,11-12H,9-10H2,1-5H3. The van der Waals surface area contributed by atoms with Crippen LogP contribution >= 0.6 is 0 Å². The third-order valence-corrected chi connectivity index (χ3v) is 3.29. The van der Waals surface area contributed by atoms with Crippen LogP contribution in [0.15, 0.2) is 18.2 Å². The summed E-state index contributed by atoms with van der Waals surface area (Å²) in [7, 11) is 2.15. The van der Waals surface area contributed by atoms with Crippen molar-refractivity contribution in [1.29, 1.82) is 0 Å². The summed E-state index contributed by atoms with van der Waals surface area (Å²) >= 11 is 0. The highest BCUT2D eigenvalue weighted by Gasteiger charge is 2.12. The van der Waals surface area contributed by atoms with E-state index in [1.807, 2.05) is 0 Å². The normalized spacial score (nSPS) is 11.9. The van der Waals surface area contributed by atoms with E-state index < -0.39 is 0 Å². The fourth-order valence-corrected chi connectivity index (χ4v) is 2.55. The van der Waals surface area contributed by atoms with Gasteiger partial charge in [-0.2, -0.15) is 0 Å². The Labute approximate surface area is 110 Å². The largest absolute Gasteiger partial charge is 0.331 e. The smallest absolute Gasteiger partial charge is 0.109 e. The van der Waals surface area contributed by atoms with Gasteiger partial charge >= 0.3 is 0 Å². The number of hydrogen-bond donors (Lipinski definition) is 0. The quantitative estimate of drug-likeness (QED) is 0.795. The van der Waals surface area contributed by atoms with E-state index in [4.69, 9.17) is 4.98 Å². The third-order valence-electron chi connectivity index (χ3n) is 3.29. The van der Waals surface area contributed by atoms with E-state index in [1.165, 1.54) is 16.9 Å². The molecule has 98 valence electrons. The minimum Gasteiger partial charge on any atom is -0.331 e. The van der Waals surface area contributed by atoms with Crippen molar-refractivity contribution >= 4 is 11.0 Å². The molecule has 2 rings (SSSR count). The van der Waals surface area contributed by atoms with Gasteiger partial charge in [-0.3, -0.25) is 0 Å². The number of benzene rings is 1. The van der Waals surface area contributed by atoms with Gasteiger partial charge in [0, 0.05) is 13.5 Å². The Kier molecular flexibility index (Phi) is 3.74. The maximum Gasteiger partial charge on any atom is 0.109 e. The van der Waals surface area contributed by atoms with Gasteiger partial charge in [0.25, 0.3) is 0 Å². The van der Waals surface area contributed by atoms with Crippen LogP contribution in [-0.4, -0.2) is 9.55 Å². The Morgan fingerprint density at radius 3 is 2.33 bits per heavy atom. The van der Waals surface area contributed by atoms with Gasteiger partial charge in [-0.05, 0) is 29.9 Å². The number of nitrogens with zero attached hydrogens (tertiary/aromatic N) is 2. The molecule has 0 atom stereocenters. The summed E-state index contributed by atoms with van der Waals surface area (Å²) in [6.07, 6.45) is 2.17. The molecule has 2 aromatic rings. The molecule has 0 aliphatic heterocycles. The van der Waals surface area contributed by atoms with E-state index in [-0.39, 0.29) is 0 Å². The number of hydrogen-bond acceptors (Lipinski definition) is 1. The molecular weight excluding hydrogens is 220 g/mol. The lowest BCUT2D eigenvalue weighted by Gasteiger charge is -2.09. The van der Waals surface area contributed by atoms with Crippen molar-refractivity contribution in [3.8, 4) is 0 Å². The molecule has 1 aromatic carbocycles. The Morgan fingerprint density at radius 2 is 1.72 bits per heavy atom. The minimum absolute atomic E-state index is 0.647. The second-order valence-corrected chi connectivity index (χ2v) is 6.07. The van der Waals surface area contributed by atoms with E-state index in [2.05, 4.69) is 57.5 Å². The van der Waals surface area contributed by atoms with Crippen LogP contribution in [0.1, 0.15) is 39.1 Å². The van der Waals surface area contributed by atoms with Crippen LogP contribution in [0.4, 0.5) is 0 Å². The molecule has 0 spiro atoms. The Morgan fingerprint density at radius 1 is 1.06 bits per heavy atom. The first-order chi connectivity index (χ1) is 8.49. The highest BCUT2D eigenvalue weighted by atomic mass is 15.1. The monoisotopic (exact) mass is 244 g/mol. The average Bonchev–Trinajstić information content (AvgIpc) is 2.55. The van der Waals surface area contributed by atoms with Crippen LogP contribution in [0, 0.1) is 11.8 Å². The lowest BCUT2D eigenvalue weighted by Crippen LogP contribution is -2.04. The van der Waals surface area contributed by atoms with Gasteiger partial charge in [-0.25, -0.2) is 4.98 Å². The first-order valence-electron chi connectivity index (χ1n) is 6.92. The van der Waals surface area contributed by atoms with Gasteiger partial charge in [0.15, 0.2) is 0 Å². The van der Waals surface area contributed by atoms with E-state index in [1.54, 1.807) is 0 Å². The molecule has 0 amide bonds. The van der Waals surface area contributed by atoms with Crippen LogP contribution in [-0.2, 0) is 19.9 Å². The van der Waals surface area contributed by atoms with Crippen LogP contribution in [0.5, 0.6) is 0 Å². The Hall–Kier alpha value is -1.31. The summed E-state index contributed by atoms with van der Waals surface area (Å²) in [5.41, 5.74) is 3.89. The molecule has 18 heavy (non-hydrogen) atoms. The van der Waals surface area contributed by atoms with Crippen molar-refractivity contribution in [2.45, 2.75) is 40.5 Å². The maximum atomic E-state index is 4.78. The van der Waals surface area contributed by atoms with Crippen molar-refractivity contribution in [2.24, 2.45) is 18.9 Å². The van der Waals surface area contributed by atoms with E-state index >= 15 is 0 Å². The second-order valence-electron chi connectivity index (χ2n) is 6.07. The van der Waals surface area contributed by atoms with Gasteiger partial charge in [0.2, 0.25) is 0 Å². The summed E-state index contributed by atoms with van der Waals surface area (Å²) in [6, 6.07) is 6.50. The highest BCUT2D eigenvalue weighted by molar-refractivity contribution is 5.79. The van der Waals surface area contributed by atoms with Gasteiger partial charge in [-0.1, -0.05) is 39.8 Å². The predicted molar refractivity (Wildman–Crippen MR) is 77.8 cm³/mol. The number of aromatic nitrogens is 2. The zero-order valence-electron chi connectivity index (χ0n) is 12.2. The molecule has 0 aliphatic carbocycles. The number of fused-ring (bicyclic) bond motifs is 1. The van der Waals surface area contributed by atoms with Crippen LogP contribution in [0.2, 0.25) is 0 Å². The van der Waals surface area contributed by atoms with Crippen molar-refractivity contribution < 1.29 is 0 Å². The molecule has 2 nitrogen and oxygen atoms in total. The van der Waals surface area contributed by atoms with Crippen LogP contribution < -0.4 is 0 Å². The van der Waals surface area contributed by atoms with Crippen LogP contribution in [0.25, 0.3) is 11.0 Å². The topological polar surface area (TPSA) is 17.8 Å². The van der Waals surface area contributed by atoms with E-state index in [0.29, 0.717) is 11.8 Å². The van der Waals surface area contributed by atoms with Gasteiger partial charge < -0.3 is 4.57 Å². The van der Waals surface area contributed by atoms with Crippen molar-refractivity contribution in [2.75, 3.05) is 0 Å². The molecule has 2 heteroatoms. The summed E-state index contributed by atoms with van der Waals surface area (Å²) in [4.78, 5) is 4.78. The minimum atomic E-state index is 0.647. The summed E-state index contributed by atoms with van der Waals surface area (Å²) in [5.74, 6) is 2.53. The van der Waals surface area contributed by atoms with Crippen molar-refractivity contribution in [3.05, 3.63) is 29.6 Å². The molecule has 0 saturated heterocycles. The first kappa shape index (κ1) is 13.1. The van der Waals surface area contributed by atoms with Crippen molar-refractivity contribution in [1.82, 2.24) is 9.55 Å². The number of aryl methyl sites for hydroxylation is 1. The molecule has 0 radical (unpaired) electrons. The number of imidazole rings is 1. The zero-order valence-corrected chi connectivity index (χ0v) is 12.2. The molecule has 0 N–H and O–H groups in total. The molecule has 0 fully saturated rings. The van der Waals surface area contributed by atoms with E-state index in [9.17, 15) is 0 Å². The molecular formula is C16H24N2. The predicted octanol–water partition coefficient (Wildman–Crippen LogP) is 3.97. The first-order valence-corrected chi connectivity index (χ1v) is 6.92. The lowest BCUT2D eigenvalue weighted by molar-refractivity contribution is 0.604. The fraction of sp³-hybridized carbons (Fsp3) is 0.562.